The lowest BCUT2D eigenvalue weighted by Crippen LogP contribution is -2.45. The third-order valence-corrected chi connectivity index (χ3v) is 5.17. The predicted molar refractivity (Wildman–Crippen MR) is 72.2 cm³/mol. The smallest absolute Gasteiger partial charge is 0.237 e. The van der Waals surface area contributed by atoms with Gasteiger partial charge in [0.05, 0.1) is 22.7 Å². The van der Waals surface area contributed by atoms with E-state index < -0.39 is 21.9 Å². The van der Waals surface area contributed by atoms with Gasteiger partial charge in [-0.1, -0.05) is 32.0 Å². The van der Waals surface area contributed by atoms with Gasteiger partial charge in [-0.2, -0.15) is 0 Å². The molecule has 0 aliphatic carbocycles. The molecule has 104 valence electrons. The molecule has 1 aliphatic rings. The molecule has 6 heteroatoms. The lowest BCUT2D eigenvalue weighted by atomic mass is 10.0. The number of rotatable bonds is 3. The number of benzene rings is 1. The van der Waals surface area contributed by atoms with Crippen LogP contribution < -0.4 is 11.1 Å². The Kier molecular flexibility index (Phi) is 3.64. The van der Waals surface area contributed by atoms with Crippen molar-refractivity contribution in [2.45, 2.75) is 30.8 Å². The Morgan fingerprint density at radius 2 is 2.00 bits per heavy atom. The summed E-state index contributed by atoms with van der Waals surface area (Å²) in [6, 6.07) is 5.61. The van der Waals surface area contributed by atoms with Gasteiger partial charge in [0, 0.05) is 0 Å². The molecule has 0 radical (unpaired) electrons. The molecule has 0 saturated carbocycles. The van der Waals surface area contributed by atoms with Crippen molar-refractivity contribution < 1.29 is 13.2 Å². The molecule has 0 spiro atoms. The summed E-state index contributed by atoms with van der Waals surface area (Å²) in [5, 5.41) is 2.73. The second-order valence-corrected chi connectivity index (χ2v) is 7.15. The van der Waals surface area contributed by atoms with Gasteiger partial charge in [-0.05, 0) is 17.5 Å². The van der Waals surface area contributed by atoms with Crippen molar-refractivity contribution in [2.75, 3.05) is 5.75 Å². The molecule has 19 heavy (non-hydrogen) atoms. The number of nitrogens with one attached hydrogen (secondary N) is 1. The summed E-state index contributed by atoms with van der Waals surface area (Å²) in [6.07, 6.45) is 0. The molecular formula is C13H18N2O3S. The number of hydrogen-bond acceptors (Lipinski definition) is 4. The molecule has 0 saturated heterocycles. The van der Waals surface area contributed by atoms with E-state index >= 15 is 0 Å². The Morgan fingerprint density at radius 1 is 1.37 bits per heavy atom. The Bertz CT molecular complexity index is 596. The number of carbonyl (C=O) groups is 1. The Morgan fingerprint density at radius 3 is 2.63 bits per heavy atom. The minimum atomic E-state index is -3.30. The fraction of sp³-hybridized carbons (Fsp3) is 0.462. The van der Waals surface area contributed by atoms with E-state index in [1.54, 1.807) is 24.3 Å². The number of amides is 1. The third-order valence-electron chi connectivity index (χ3n) is 3.35. The van der Waals surface area contributed by atoms with E-state index in [1.165, 1.54) is 0 Å². The summed E-state index contributed by atoms with van der Waals surface area (Å²) in [7, 11) is -3.30. The fourth-order valence-corrected chi connectivity index (χ4v) is 3.88. The molecule has 2 atom stereocenters. The minimum Gasteiger partial charge on any atom is -0.347 e. The first-order valence-electron chi connectivity index (χ1n) is 6.20. The van der Waals surface area contributed by atoms with Crippen LogP contribution in [0.5, 0.6) is 0 Å². The lowest BCUT2D eigenvalue weighted by molar-refractivity contribution is -0.123. The van der Waals surface area contributed by atoms with Crippen LogP contribution in [-0.2, 0) is 14.6 Å². The van der Waals surface area contributed by atoms with E-state index in [1.807, 2.05) is 13.8 Å². The highest BCUT2D eigenvalue weighted by Crippen LogP contribution is 2.32. The van der Waals surface area contributed by atoms with E-state index in [0.29, 0.717) is 10.5 Å². The van der Waals surface area contributed by atoms with Crippen LogP contribution >= 0.6 is 0 Å². The van der Waals surface area contributed by atoms with Gasteiger partial charge in [-0.3, -0.25) is 4.79 Å². The van der Waals surface area contributed by atoms with Crippen molar-refractivity contribution in [3.05, 3.63) is 29.8 Å². The second kappa shape index (κ2) is 4.94. The first kappa shape index (κ1) is 14.0. The first-order chi connectivity index (χ1) is 8.83. The molecule has 1 aliphatic heterocycles. The normalized spacial score (nSPS) is 22.0. The first-order valence-corrected chi connectivity index (χ1v) is 7.86. The van der Waals surface area contributed by atoms with Crippen LogP contribution in [0.25, 0.3) is 0 Å². The molecule has 5 nitrogen and oxygen atoms in total. The topological polar surface area (TPSA) is 89.3 Å². The molecule has 1 unspecified atom stereocenters. The van der Waals surface area contributed by atoms with Crippen molar-refractivity contribution >= 4 is 15.7 Å². The average Bonchev–Trinajstić information content (AvgIpc) is 2.60. The standard InChI is InChI=1S/C13H18N2O3S/c1-8(2)12(14)13(16)15-10-7-19(17,18)11-6-4-3-5-9(10)11/h3-6,8,10,12H,7,14H2,1-2H3,(H,15,16)/t10?,12-/m0/s1. The van der Waals surface area contributed by atoms with Crippen LogP contribution in [0.2, 0.25) is 0 Å². The summed E-state index contributed by atoms with van der Waals surface area (Å²) >= 11 is 0. The van der Waals surface area contributed by atoms with Gasteiger partial charge in [-0.15, -0.1) is 0 Å². The van der Waals surface area contributed by atoms with Crippen molar-refractivity contribution in [2.24, 2.45) is 11.7 Å². The van der Waals surface area contributed by atoms with Crippen LogP contribution in [0, 0.1) is 5.92 Å². The maximum absolute atomic E-state index is 12.0. The minimum absolute atomic E-state index is 0.00764. The third kappa shape index (κ3) is 2.64. The summed E-state index contributed by atoms with van der Waals surface area (Å²) in [4.78, 5) is 12.2. The zero-order valence-electron chi connectivity index (χ0n) is 11.0. The highest BCUT2D eigenvalue weighted by Gasteiger charge is 2.36. The molecule has 1 aromatic rings. The summed E-state index contributed by atoms with van der Waals surface area (Å²) < 4.78 is 23.9. The van der Waals surface area contributed by atoms with Gasteiger partial charge in [0.25, 0.3) is 0 Å². The van der Waals surface area contributed by atoms with Crippen LogP contribution in [0.3, 0.4) is 0 Å². The predicted octanol–water partition coefficient (Wildman–Crippen LogP) is 0.615. The lowest BCUT2D eigenvalue weighted by Gasteiger charge is -2.19. The van der Waals surface area contributed by atoms with Gasteiger partial charge in [0.2, 0.25) is 5.91 Å². The molecule has 1 aromatic carbocycles. The van der Waals surface area contributed by atoms with Gasteiger partial charge >= 0.3 is 0 Å². The van der Waals surface area contributed by atoms with E-state index in [0.717, 1.165) is 0 Å². The highest BCUT2D eigenvalue weighted by molar-refractivity contribution is 7.91. The van der Waals surface area contributed by atoms with Gasteiger partial charge < -0.3 is 11.1 Å². The van der Waals surface area contributed by atoms with Crippen LogP contribution in [-0.4, -0.2) is 26.1 Å². The monoisotopic (exact) mass is 282 g/mol. The maximum atomic E-state index is 12.0. The number of sulfone groups is 1. The van der Waals surface area contributed by atoms with Crippen molar-refractivity contribution in [1.82, 2.24) is 5.32 Å². The largest absolute Gasteiger partial charge is 0.347 e. The summed E-state index contributed by atoms with van der Waals surface area (Å²) in [6.45, 7) is 3.70. The van der Waals surface area contributed by atoms with Gasteiger partial charge in [0.1, 0.15) is 0 Å². The second-order valence-electron chi connectivity index (χ2n) is 5.15. The number of hydrogen-bond donors (Lipinski definition) is 2. The maximum Gasteiger partial charge on any atom is 0.237 e. The molecule has 0 aromatic heterocycles. The number of nitrogens with two attached hydrogens (primary N) is 1. The van der Waals surface area contributed by atoms with E-state index in [2.05, 4.69) is 5.32 Å². The van der Waals surface area contributed by atoms with Gasteiger partial charge in [0.15, 0.2) is 9.84 Å². The molecular weight excluding hydrogens is 264 g/mol. The number of carbonyl (C=O) groups excluding carboxylic acids is 1. The highest BCUT2D eigenvalue weighted by atomic mass is 32.2. The summed E-state index contributed by atoms with van der Waals surface area (Å²) in [5.41, 5.74) is 6.41. The Hall–Kier alpha value is -1.40. The molecule has 2 rings (SSSR count). The zero-order valence-corrected chi connectivity index (χ0v) is 11.8. The van der Waals surface area contributed by atoms with Crippen LogP contribution in [0.15, 0.2) is 29.2 Å². The molecule has 1 heterocycles. The summed E-state index contributed by atoms with van der Waals surface area (Å²) in [5.74, 6) is -0.400. The average molecular weight is 282 g/mol. The van der Waals surface area contributed by atoms with Crippen molar-refractivity contribution in [1.29, 1.82) is 0 Å². The van der Waals surface area contributed by atoms with Crippen LogP contribution in [0.1, 0.15) is 25.5 Å². The molecule has 1 amide bonds. The number of fused-ring (bicyclic) bond motifs is 1. The van der Waals surface area contributed by atoms with Crippen molar-refractivity contribution in [3.63, 3.8) is 0 Å². The zero-order chi connectivity index (χ0) is 14.2. The van der Waals surface area contributed by atoms with E-state index in [9.17, 15) is 13.2 Å². The van der Waals surface area contributed by atoms with Crippen molar-refractivity contribution in [3.8, 4) is 0 Å². The Balaban J connectivity index is 2.23. The van der Waals surface area contributed by atoms with Crippen LogP contribution in [0.4, 0.5) is 0 Å². The molecule has 0 bridgehead atoms. The SMILES string of the molecule is CC(C)[C@H](N)C(=O)NC1CS(=O)(=O)c2ccccc21. The fourth-order valence-electron chi connectivity index (χ4n) is 2.14. The Labute approximate surface area is 113 Å². The quantitative estimate of drug-likeness (QED) is 0.850. The molecule has 0 fully saturated rings. The molecule has 3 N–H and O–H groups in total. The van der Waals surface area contributed by atoms with Gasteiger partial charge in [-0.25, -0.2) is 8.42 Å². The van der Waals surface area contributed by atoms with E-state index in [-0.39, 0.29) is 17.6 Å². The van der Waals surface area contributed by atoms with E-state index in [4.69, 9.17) is 5.73 Å².